The number of thiazole rings is 1. The highest BCUT2D eigenvalue weighted by atomic mass is 32.5. The quantitative estimate of drug-likeness (QED) is 0.717. The van der Waals surface area contributed by atoms with Crippen LogP contribution in [-0.2, 0) is 10.1 Å². The van der Waals surface area contributed by atoms with Crippen LogP contribution >= 0.6 is 18.3 Å². The summed E-state index contributed by atoms with van der Waals surface area (Å²) in [6.07, 6.45) is 1.72. The van der Waals surface area contributed by atoms with E-state index in [0.29, 0.717) is 5.17 Å². The molecule has 0 radical (unpaired) electrons. The van der Waals surface area contributed by atoms with Crippen molar-refractivity contribution in [2.45, 2.75) is 0 Å². The van der Waals surface area contributed by atoms with Gasteiger partial charge in [-0.25, -0.2) is 9.98 Å². The van der Waals surface area contributed by atoms with E-state index in [-0.39, 0.29) is 0 Å². The zero-order valence-electron chi connectivity index (χ0n) is 11.9. The highest BCUT2D eigenvalue weighted by Gasteiger charge is 2.20. The maximum Gasteiger partial charge on any atom is 0.204 e. The summed E-state index contributed by atoms with van der Waals surface area (Å²) < 4.78 is 1.12. The third-order valence-electron chi connectivity index (χ3n) is 3.23. The molecule has 0 bridgehead atoms. The predicted molar refractivity (Wildman–Crippen MR) is 100 cm³/mol. The Morgan fingerprint density at radius 2 is 1.83 bits per heavy atom. The van der Waals surface area contributed by atoms with E-state index in [9.17, 15) is 4.89 Å². The summed E-state index contributed by atoms with van der Waals surface area (Å²) in [4.78, 5) is 21.7. The first-order chi connectivity index (χ1) is 11.3. The van der Waals surface area contributed by atoms with Crippen LogP contribution < -0.4 is 15.5 Å². The van der Waals surface area contributed by atoms with Gasteiger partial charge in [0, 0.05) is 11.6 Å². The van der Waals surface area contributed by atoms with E-state index in [1.165, 1.54) is 0 Å². The Kier molecular flexibility index (Phi) is 4.06. The number of hydrogen-bond acceptors (Lipinski definition) is 5. The van der Waals surface area contributed by atoms with Gasteiger partial charge in [0.05, 0.1) is 20.3 Å². The third kappa shape index (κ3) is 2.99. The Balaban J connectivity index is 1.66. The molecule has 1 aliphatic rings. The number of benzene rings is 2. The predicted octanol–water partition coefficient (Wildman–Crippen LogP) is 3.17. The smallest absolute Gasteiger partial charge is 0.204 e. The van der Waals surface area contributed by atoms with E-state index in [4.69, 9.17) is 0 Å². The van der Waals surface area contributed by atoms with Gasteiger partial charge >= 0.3 is 0 Å². The van der Waals surface area contributed by atoms with Crippen molar-refractivity contribution >= 4 is 54.2 Å². The molecule has 1 N–H and O–H groups in total. The maximum atomic E-state index is 12.8. The fourth-order valence-electron chi connectivity index (χ4n) is 2.17. The lowest BCUT2D eigenvalue weighted by molar-refractivity contribution is -0.148. The summed E-state index contributed by atoms with van der Waals surface area (Å²) in [5.41, 5.74) is 0.957. The van der Waals surface area contributed by atoms with Gasteiger partial charge in [0.1, 0.15) is 6.92 Å². The van der Waals surface area contributed by atoms with Crippen LogP contribution in [-0.4, -0.2) is 10.2 Å². The van der Waals surface area contributed by atoms with Crippen LogP contribution in [0, 0.1) is 0 Å². The molecule has 4 rings (SSSR count). The summed E-state index contributed by atoms with van der Waals surface area (Å²) in [6, 6.07) is 17.5. The minimum atomic E-state index is -1.56. The molecule has 4 nitrogen and oxygen atoms in total. The first-order valence-electron chi connectivity index (χ1n) is 6.94. The molecule has 0 aliphatic carbocycles. The molecule has 0 saturated carbocycles. The molecule has 2 atom stereocenters. The van der Waals surface area contributed by atoms with Gasteiger partial charge < -0.3 is 10.2 Å². The summed E-state index contributed by atoms with van der Waals surface area (Å²) >= 11 is 1.57. The number of anilines is 1. The molecule has 7 heteroatoms. The highest BCUT2D eigenvalue weighted by Crippen LogP contribution is 2.28. The molecule has 0 spiro atoms. The van der Waals surface area contributed by atoms with Crippen LogP contribution in [0.4, 0.5) is 5.13 Å². The Bertz CT molecular complexity index is 931. The van der Waals surface area contributed by atoms with E-state index < -0.39 is 17.0 Å². The Hall–Kier alpha value is -1.85. The molecular formula is C16H12N3OPS2. The lowest BCUT2D eigenvalue weighted by Gasteiger charge is -2.05. The zero-order valence-corrected chi connectivity index (χ0v) is 14.4. The van der Waals surface area contributed by atoms with Gasteiger partial charge in [0.15, 0.2) is 10.4 Å². The highest BCUT2D eigenvalue weighted by molar-refractivity contribution is 8.37. The van der Waals surface area contributed by atoms with Crippen LogP contribution in [0.25, 0.3) is 10.2 Å². The maximum absolute atomic E-state index is 12.8. The van der Waals surface area contributed by atoms with Gasteiger partial charge in [-0.1, -0.05) is 41.7 Å². The Morgan fingerprint density at radius 3 is 2.65 bits per heavy atom. The number of hydrogen-bond donors (Lipinski definition) is 1. The normalized spacial score (nSPS) is 17.3. The average Bonchev–Trinajstić information content (AvgIpc) is 3.21. The van der Waals surface area contributed by atoms with Gasteiger partial charge in [-0.2, -0.15) is 0 Å². The number of aliphatic imine (C=N–C) groups is 1. The van der Waals surface area contributed by atoms with E-state index in [2.05, 4.69) is 15.3 Å². The van der Waals surface area contributed by atoms with Gasteiger partial charge in [-0.05, 0) is 24.3 Å². The monoisotopic (exact) mass is 357 g/mol. The molecule has 23 heavy (non-hydrogen) atoms. The Morgan fingerprint density at radius 1 is 1.04 bits per heavy atom. The lowest BCUT2D eigenvalue weighted by Crippen LogP contribution is -2.17. The molecule has 0 fully saturated rings. The summed E-state index contributed by atoms with van der Waals surface area (Å²) in [6.45, 7) is -1.56. The molecule has 1 aromatic heterocycles. The molecule has 2 heterocycles. The van der Waals surface area contributed by atoms with Gasteiger partial charge in [-0.3, -0.25) is 0 Å². The van der Waals surface area contributed by atoms with Crippen molar-refractivity contribution in [2.75, 3.05) is 5.32 Å². The molecule has 0 amide bonds. The Labute approximate surface area is 140 Å². The number of nitrogens with zero attached hydrogens (tertiary/aromatic N) is 2. The van der Waals surface area contributed by atoms with Crippen LogP contribution in [0.2, 0.25) is 0 Å². The average molecular weight is 357 g/mol. The third-order valence-corrected chi connectivity index (χ3v) is 8.83. The molecule has 114 valence electrons. The van der Waals surface area contributed by atoms with Gasteiger partial charge in [0.2, 0.25) is 5.17 Å². The minimum Gasteiger partial charge on any atom is -0.620 e. The van der Waals surface area contributed by atoms with Crippen molar-refractivity contribution in [3.8, 4) is 0 Å². The van der Waals surface area contributed by atoms with E-state index >= 15 is 0 Å². The molecule has 2 aromatic carbocycles. The molecular weight excluding hydrogens is 345 g/mol. The zero-order chi connectivity index (χ0) is 15.6. The fraction of sp³-hybridized carbons (Fsp3) is 0. The van der Waals surface area contributed by atoms with E-state index in [1.807, 2.05) is 60.0 Å². The molecule has 0 saturated heterocycles. The standard InChI is InChI=1S/C16H12N3OPS2/c20-21(12-6-2-1-3-7-12)23-11-10-17-16(23)19-15-18-13-8-4-5-9-14(13)22-15/h1-11H,(H,17,18,19). The van der Waals surface area contributed by atoms with Crippen LogP contribution in [0.1, 0.15) is 0 Å². The number of fused-ring (bicyclic) bond motifs is 1. The first-order valence-corrected chi connectivity index (χ1v) is 10.9. The number of para-hydroxylation sites is 1. The van der Waals surface area contributed by atoms with Crippen LogP contribution in [0.3, 0.4) is 0 Å². The molecule has 3 aromatic rings. The fourth-order valence-corrected chi connectivity index (χ4v) is 6.98. The second-order valence-electron chi connectivity index (χ2n) is 4.74. The lowest BCUT2D eigenvalue weighted by atomic mass is 10.3. The van der Waals surface area contributed by atoms with Crippen molar-refractivity contribution in [1.29, 1.82) is 0 Å². The van der Waals surface area contributed by atoms with Crippen molar-refractivity contribution in [1.82, 2.24) is 4.98 Å². The van der Waals surface area contributed by atoms with Crippen molar-refractivity contribution in [3.63, 3.8) is 0 Å². The van der Waals surface area contributed by atoms with E-state index in [0.717, 1.165) is 20.7 Å². The second kappa shape index (κ2) is 6.34. The van der Waals surface area contributed by atoms with Crippen molar-refractivity contribution in [3.05, 3.63) is 66.2 Å². The molecule has 2 unspecified atom stereocenters. The second-order valence-corrected chi connectivity index (χ2v) is 10.3. The summed E-state index contributed by atoms with van der Waals surface area (Å²) in [7, 11) is -0.549. The van der Waals surface area contributed by atoms with Crippen LogP contribution in [0.15, 0.2) is 71.2 Å². The number of amidine groups is 1. The van der Waals surface area contributed by atoms with Crippen LogP contribution in [0.5, 0.6) is 0 Å². The van der Waals surface area contributed by atoms with Gasteiger partial charge in [0.25, 0.3) is 0 Å². The van der Waals surface area contributed by atoms with E-state index in [1.54, 1.807) is 17.5 Å². The summed E-state index contributed by atoms with van der Waals surface area (Å²) in [5, 5.41) is 7.50. The molecule has 1 aliphatic heterocycles. The SMILES string of the molecule is [O-][P+](c1ccccc1)=S1C=CN=C1Nc1nc2ccccc2s1. The number of aromatic nitrogens is 1. The first kappa shape index (κ1) is 14.7. The van der Waals surface area contributed by atoms with Crippen molar-refractivity contribution in [2.24, 2.45) is 4.99 Å². The number of rotatable bonds is 2. The van der Waals surface area contributed by atoms with Crippen molar-refractivity contribution < 1.29 is 4.89 Å². The topological polar surface area (TPSA) is 60.3 Å². The van der Waals surface area contributed by atoms with Gasteiger partial charge in [-0.15, -0.1) is 0 Å². The number of nitrogens with one attached hydrogen (secondary N) is 1. The summed E-state index contributed by atoms with van der Waals surface area (Å²) in [5.74, 6) is 0. The minimum absolute atomic E-state index is 0.549. The largest absolute Gasteiger partial charge is 0.620 e.